The van der Waals surface area contributed by atoms with Crippen LogP contribution >= 0.6 is 0 Å². The second-order valence-corrected chi connectivity index (χ2v) is 8.58. The van der Waals surface area contributed by atoms with Gasteiger partial charge in [-0.2, -0.15) is 4.31 Å². The topological polar surface area (TPSA) is 58.4 Å². The smallest absolute Gasteiger partial charge is 0.243 e. The number of aromatic nitrogens is 2. The zero-order valence-electron chi connectivity index (χ0n) is 14.9. The van der Waals surface area contributed by atoms with Gasteiger partial charge in [-0.15, -0.1) is 0 Å². The fraction of sp³-hybridized carbons (Fsp3) is 0.500. The lowest BCUT2D eigenvalue weighted by atomic mass is 10.2. The van der Waals surface area contributed by atoms with Gasteiger partial charge in [0.2, 0.25) is 10.0 Å². The number of imidazole rings is 1. The Morgan fingerprint density at radius 2 is 1.84 bits per heavy atom. The highest BCUT2D eigenvalue weighted by Gasteiger charge is 2.29. The molecule has 25 heavy (non-hydrogen) atoms. The molecule has 0 atom stereocenters. The molecule has 2 aromatic rings. The predicted molar refractivity (Wildman–Crippen MR) is 98.0 cm³/mol. The van der Waals surface area contributed by atoms with Crippen molar-refractivity contribution in [1.29, 1.82) is 0 Å². The minimum absolute atomic E-state index is 0.445. The normalized spacial score (nSPS) is 17.0. The number of aryl methyl sites for hydroxylation is 3. The summed E-state index contributed by atoms with van der Waals surface area (Å²) in [5.74, 6) is 0. The van der Waals surface area contributed by atoms with E-state index >= 15 is 0 Å². The molecule has 6 nitrogen and oxygen atoms in total. The first kappa shape index (κ1) is 18.1. The summed E-state index contributed by atoms with van der Waals surface area (Å²) < 4.78 is 29.6. The fourth-order valence-electron chi connectivity index (χ4n) is 3.21. The summed E-state index contributed by atoms with van der Waals surface area (Å²) in [5.41, 5.74) is 1.79. The molecule has 0 amide bonds. The van der Waals surface area contributed by atoms with E-state index in [1.807, 2.05) is 38.5 Å². The molecular weight excluding hydrogens is 336 g/mol. The Kier molecular flexibility index (Phi) is 5.56. The van der Waals surface area contributed by atoms with Crippen LogP contribution in [0, 0.1) is 13.8 Å². The van der Waals surface area contributed by atoms with Crippen molar-refractivity contribution in [1.82, 2.24) is 18.8 Å². The number of rotatable bonds is 6. The van der Waals surface area contributed by atoms with Gasteiger partial charge in [0, 0.05) is 45.1 Å². The highest BCUT2D eigenvalue weighted by Crippen LogP contribution is 2.22. The average molecular weight is 362 g/mol. The van der Waals surface area contributed by atoms with Crippen molar-refractivity contribution >= 4 is 10.0 Å². The number of hydrogen-bond acceptors (Lipinski definition) is 4. The summed E-state index contributed by atoms with van der Waals surface area (Å²) in [6.45, 7) is 8.40. The zero-order chi connectivity index (χ0) is 17.9. The van der Waals surface area contributed by atoms with Crippen LogP contribution in [0.2, 0.25) is 0 Å². The van der Waals surface area contributed by atoms with Gasteiger partial charge in [-0.3, -0.25) is 0 Å². The van der Waals surface area contributed by atoms with Crippen LogP contribution in [-0.2, 0) is 16.6 Å². The molecule has 1 aliphatic heterocycles. The lowest BCUT2D eigenvalue weighted by Gasteiger charge is -2.34. The number of hydrogen-bond donors (Lipinski definition) is 0. The molecule has 2 heterocycles. The van der Waals surface area contributed by atoms with Gasteiger partial charge in [-0.1, -0.05) is 12.1 Å². The molecule has 1 fully saturated rings. The maximum atomic E-state index is 12.9. The standard InChI is InChI=1S/C18H26N4O2S/c1-16-4-5-17(2)18(14-16)25(23,24)22-12-10-20(11-13-22)7-3-8-21-9-6-19-15-21/h4-6,9,14-15H,3,7-8,10-13H2,1-2H3. The van der Waals surface area contributed by atoms with E-state index in [0.717, 1.165) is 43.7 Å². The van der Waals surface area contributed by atoms with E-state index in [-0.39, 0.29) is 0 Å². The van der Waals surface area contributed by atoms with E-state index in [1.54, 1.807) is 16.6 Å². The van der Waals surface area contributed by atoms with Crippen molar-refractivity contribution in [2.75, 3.05) is 32.7 Å². The third kappa shape index (κ3) is 4.29. The molecule has 1 aliphatic rings. The Morgan fingerprint density at radius 3 is 2.52 bits per heavy atom. The molecule has 0 saturated carbocycles. The molecule has 1 aromatic heterocycles. The average Bonchev–Trinajstić information content (AvgIpc) is 3.11. The van der Waals surface area contributed by atoms with Crippen molar-refractivity contribution in [3.63, 3.8) is 0 Å². The number of benzene rings is 1. The molecule has 1 saturated heterocycles. The van der Waals surface area contributed by atoms with Gasteiger partial charge in [0.05, 0.1) is 11.2 Å². The molecule has 0 aliphatic carbocycles. The third-order valence-electron chi connectivity index (χ3n) is 4.74. The van der Waals surface area contributed by atoms with Gasteiger partial charge in [-0.25, -0.2) is 13.4 Å². The first-order valence-corrected chi connectivity index (χ1v) is 10.2. The molecule has 0 N–H and O–H groups in total. The van der Waals surface area contributed by atoms with Crippen LogP contribution in [0.3, 0.4) is 0 Å². The second kappa shape index (κ2) is 7.68. The first-order chi connectivity index (χ1) is 12.0. The van der Waals surface area contributed by atoms with Crippen molar-refractivity contribution < 1.29 is 8.42 Å². The van der Waals surface area contributed by atoms with E-state index in [2.05, 4.69) is 14.5 Å². The molecule has 0 bridgehead atoms. The van der Waals surface area contributed by atoms with Crippen molar-refractivity contribution in [3.8, 4) is 0 Å². The van der Waals surface area contributed by atoms with Gasteiger partial charge in [-0.05, 0) is 44.0 Å². The first-order valence-electron chi connectivity index (χ1n) is 8.72. The van der Waals surface area contributed by atoms with E-state index in [4.69, 9.17) is 0 Å². The largest absolute Gasteiger partial charge is 0.337 e. The number of piperazine rings is 1. The molecule has 0 radical (unpaired) electrons. The van der Waals surface area contributed by atoms with Gasteiger partial charge >= 0.3 is 0 Å². The summed E-state index contributed by atoms with van der Waals surface area (Å²) >= 11 is 0. The zero-order valence-corrected chi connectivity index (χ0v) is 15.7. The molecule has 0 spiro atoms. The van der Waals surface area contributed by atoms with Crippen molar-refractivity contribution in [2.45, 2.75) is 31.7 Å². The Balaban J connectivity index is 1.55. The lowest BCUT2D eigenvalue weighted by molar-refractivity contribution is 0.184. The van der Waals surface area contributed by atoms with Crippen LogP contribution in [0.4, 0.5) is 0 Å². The summed E-state index contributed by atoms with van der Waals surface area (Å²) in [7, 11) is -3.40. The Hall–Kier alpha value is -1.70. The Labute approximate surface area is 150 Å². The molecule has 0 unspecified atom stereocenters. The summed E-state index contributed by atoms with van der Waals surface area (Å²) in [5, 5.41) is 0. The second-order valence-electron chi connectivity index (χ2n) is 6.67. The van der Waals surface area contributed by atoms with E-state index < -0.39 is 10.0 Å². The van der Waals surface area contributed by atoms with Crippen LogP contribution in [0.5, 0.6) is 0 Å². The molecule has 136 valence electrons. The minimum Gasteiger partial charge on any atom is -0.337 e. The van der Waals surface area contributed by atoms with Crippen LogP contribution in [-0.4, -0.2) is 59.9 Å². The van der Waals surface area contributed by atoms with E-state index in [9.17, 15) is 8.42 Å². The summed E-state index contributed by atoms with van der Waals surface area (Å²) in [6.07, 6.45) is 6.63. The van der Waals surface area contributed by atoms with E-state index in [0.29, 0.717) is 18.0 Å². The van der Waals surface area contributed by atoms with Gasteiger partial charge in [0.1, 0.15) is 0 Å². The quantitative estimate of drug-likeness (QED) is 0.787. The molecular formula is C18H26N4O2S. The lowest BCUT2D eigenvalue weighted by Crippen LogP contribution is -2.48. The Bertz CT molecular complexity index is 794. The van der Waals surface area contributed by atoms with Gasteiger partial charge < -0.3 is 9.47 Å². The summed E-state index contributed by atoms with van der Waals surface area (Å²) in [6, 6.07) is 5.61. The molecule has 7 heteroatoms. The minimum atomic E-state index is -3.40. The molecule has 1 aromatic carbocycles. The monoisotopic (exact) mass is 362 g/mol. The highest BCUT2D eigenvalue weighted by atomic mass is 32.2. The summed E-state index contributed by atoms with van der Waals surface area (Å²) in [4.78, 5) is 6.83. The van der Waals surface area contributed by atoms with Crippen LogP contribution in [0.1, 0.15) is 17.5 Å². The van der Waals surface area contributed by atoms with E-state index in [1.165, 1.54) is 0 Å². The van der Waals surface area contributed by atoms with Gasteiger partial charge in [0.15, 0.2) is 0 Å². The van der Waals surface area contributed by atoms with Crippen molar-refractivity contribution in [2.24, 2.45) is 0 Å². The maximum absolute atomic E-state index is 12.9. The Morgan fingerprint density at radius 1 is 1.08 bits per heavy atom. The number of nitrogens with zero attached hydrogens (tertiary/aromatic N) is 4. The van der Waals surface area contributed by atoms with Crippen LogP contribution in [0.15, 0.2) is 41.8 Å². The SMILES string of the molecule is Cc1ccc(C)c(S(=O)(=O)N2CCN(CCCn3ccnc3)CC2)c1. The predicted octanol–water partition coefficient (Wildman–Crippen LogP) is 1.90. The maximum Gasteiger partial charge on any atom is 0.243 e. The molecule has 3 rings (SSSR count). The van der Waals surface area contributed by atoms with Crippen LogP contribution < -0.4 is 0 Å². The van der Waals surface area contributed by atoms with Crippen LogP contribution in [0.25, 0.3) is 0 Å². The van der Waals surface area contributed by atoms with Gasteiger partial charge in [0.25, 0.3) is 0 Å². The highest BCUT2D eigenvalue weighted by molar-refractivity contribution is 7.89. The number of sulfonamides is 1. The third-order valence-corrected chi connectivity index (χ3v) is 6.78. The fourth-order valence-corrected chi connectivity index (χ4v) is 4.95. The van der Waals surface area contributed by atoms with Crippen molar-refractivity contribution in [3.05, 3.63) is 48.0 Å².